The van der Waals surface area contributed by atoms with E-state index in [4.69, 9.17) is 9.47 Å². The van der Waals surface area contributed by atoms with Crippen molar-refractivity contribution in [3.63, 3.8) is 0 Å². The van der Waals surface area contributed by atoms with Gasteiger partial charge in [0.2, 0.25) is 0 Å². The van der Waals surface area contributed by atoms with E-state index < -0.39 is 0 Å². The van der Waals surface area contributed by atoms with Gasteiger partial charge in [0.05, 0.1) is 13.2 Å². The number of fused-ring (bicyclic) bond motifs is 1. The predicted molar refractivity (Wildman–Crippen MR) is 121 cm³/mol. The summed E-state index contributed by atoms with van der Waals surface area (Å²) in [6.45, 7) is 3.04. The third-order valence-electron chi connectivity index (χ3n) is 6.03. The average molecular weight is 406 g/mol. The summed E-state index contributed by atoms with van der Waals surface area (Å²) in [5.41, 5.74) is 4.48. The Hall–Kier alpha value is -2.75. The van der Waals surface area contributed by atoms with E-state index in [1.807, 2.05) is 13.1 Å². The van der Waals surface area contributed by atoms with Crippen molar-refractivity contribution in [1.29, 1.82) is 0 Å². The molecule has 30 heavy (non-hydrogen) atoms. The van der Waals surface area contributed by atoms with Gasteiger partial charge in [0.1, 0.15) is 5.75 Å². The van der Waals surface area contributed by atoms with Gasteiger partial charge in [-0.25, -0.2) is 0 Å². The van der Waals surface area contributed by atoms with Gasteiger partial charge in [-0.05, 0) is 78.9 Å². The van der Waals surface area contributed by atoms with Crippen LogP contribution < -0.4 is 4.74 Å². The first-order chi connectivity index (χ1) is 14.7. The van der Waals surface area contributed by atoms with E-state index in [1.54, 1.807) is 0 Å². The van der Waals surface area contributed by atoms with Crippen LogP contribution in [0.25, 0.3) is 22.0 Å². The van der Waals surface area contributed by atoms with Gasteiger partial charge in [-0.3, -0.25) is 4.79 Å². The lowest BCUT2D eigenvalue weighted by atomic mass is 9.90. The largest absolute Gasteiger partial charge is 0.493 e. The van der Waals surface area contributed by atoms with Crippen LogP contribution in [0.15, 0.2) is 48.7 Å². The Morgan fingerprint density at radius 2 is 1.93 bits per heavy atom. The quantitative estimate of drug-likeness (QED) is 0.448. The molecule has 1 aliphatic rings. The topological polar surface area (TPSA) is 51.3 Å². The molecular weight excluding hydrogens is 374 g/mol. The second kappa shape index (κ2) is 9.84. The Morgan fingerprint density at radius 3 is 2.77 bits per heavy atom. The lowest BCUT2D eigenvalue weighted by molar-refractivity contribution is -0.143. The minimum Gasteiger partial charge on any atom is -0.493 e. The maximum atomic E-state index is 11.8. The van der Waals surface area contributed by atoms with Crippen LogP contribution in [0.3, 0.4) is 0 Å². The highest BCUT2D eigenvalue weighted by Crippen LogP contribution is 2.34. The Morgan fingerprint density at radius 1 is 1.07 bits per heavy atom. The van der Waals surface area contributed by atoms with Crippen molar-refractivity contribution in [2.75, 3.05) is 13.2 Å². The van der Waals surface area contributed by atoms with Gasteiger partial charge in [-0.2, -0.15) is 0 Å². The van der Waals surface area contributed by atoms with Gasteiger partial charge >= 0.3 is 5.97 Å². The number of H-pyrrole nitrogens is 1. The molecule has 0 radical (unpaired) electrons. The number of carbonyl (C=O) groups is 1. The Balaban J connectivity index is 1.58. The zero-order valence-corrected chi connectivity index (χ0v) is 17.8. The van der Waals surface area contributed by atoms with Crippen LogP contribution in [0.2, 0.25) is 0 Å². The summed E-state index contributed by atoms with van der Waals surface area (Å²) < 4.78 is 11.4. The maximum Gasteiger partial charge on any atom is 0.306 e. The summed E-state index contributed by atoms with van der Waals surface area (Å²) in [5, 5.41) is 1.18. The highest BCUT2D eigenvalue weighted by atomic mass is 16.5. The minimum absolute atomic E-state index is 0.148. The number of ether oxygens (including phenoxy) is 2. The fraction of sp³-hybridized carbons (Fsp3) is 0.423. The Bertz CT molecular complexity index is 985. The number of hydrogen-bond donors (Lipinski definition) is 1. The van der Waals surface area contributed by atoms with Crippen LogP contribution in [0, 0.1) is 5.92 Å². The van der Waals surface area contributed by atoms with Crippen LogP contribution in [0.1, 0.15) is 51.0 Å². The molecule has 0 spiro atoms. The van der Waals surface area contributed by atoms with E-state index in [9.17, 15) is 4.79 Å². The summed E-state index contributed by atoms with van der Waals surface area (Å²) in [4.78, 5) is 15.0. The van der Waals surface area contributed by atoms with Crippen LogP contribution in [-0.2, 0) is 16.0 Å². The minimum atomic E-state index is -0.148. The summed E-state index contributed by atoms with van der Waals surface area (Å²) in [6, 6.07) is 14.9. The molecule has 4 heteroatoms. The third-order valence-corrected chi connectivity index (χ3v) is 6.03. The lowest BCUT2D eigenvalue weighted by Crippen LogP contribution is -2.15. The summed E-state index contributed by atoms with van der Waals surface area (Å²) in [5.74, 6) is 1.43. The summed E-state index contributed by atoms with van der Waals surface area (Å²) in [7, 11) is 0. The van der Waals surface area contributed by atoms with E-state index in [1.165, 1.54) is 37.5 Å². The zero-order valence-electron chi connectivity index (χ0n) is 17.8. The second-order valence-electron chi connectivity index (χ2n) is 8.23. The molecule has 0 unspecified atom stereocenters. The second-order valence-corrected chi connectivity index (χ2v) is 8.23. The molecule has 4 nitrogen and oxygen atoms in total. The molecule has 4 rings (SSSR count). The number of hydrogen-bond acceptors (Lipinski definition) is 3. The number of aromatic amines is 1. The molecule has 0 atom stereocenters. The van der Waals surface area contributed by atoms with Crippen LogP contribution in [0.4, 0.5) is 0 Å². The van der Waals surface area contributed by atoms with Crippen molar-refractivity contribution < 1.29 is 14.3 Å². The monoisotopic (exact) mass is 405 g/mol. The van der Waals surface area contributed by atoms with Crippen LogP contribution >= 0.6 is 0 Å². The molecule has 1 fully saturated rings. The molecule has 0 amide bonds. The number of rotatable bonds is 8. The highest BCUT2D eigenvalue weighted by Gasteiger charge is 2.16. The van der Waals surface area contributed by atoms with Gasteiger partial charge in [-0.15, -0.1) is 0 Å². The Kier molecular flexibility index (Phi) is 6.73. The van der Waals surface area contributed by atoms with Crippen molar-refractivity contribution in [1.82, 2.24) is 4.98 Å². The van der Waals surface area contributed by atoms with Gasteiger partial charge in [0.15, 0.2) is 0 Å². The van der Waals surface area contributed by atoms with E-state index in [0.29, 0.717) is 25.4 Å². The van der Waals surface area contributed by atoms with Gasteiger partial charge in [0, 0.05) is 23.7 Å². The molecule has 1 heterocycles. The SMILES string of the molecule is CCOC(=O)CCc1ccc(OCC2CCCCC2)c(-c2ccc3[nH]ccc3c2)c1. The van der Waals surface area contributed by atoms with Crippen molar-refractivity contribution in [3.8, 4) is 16.9 Å². The highest BCUT2D eigenvalue weighted by molar-refractivity contribution is 5.86. The van der Waals surface area contributed by atoms with E-state index in [2.05, 4.69) is 47.4 Å². The number of nitrogens with one attached hydrogen (secondary N) is 1. The predicted octanol–water partition coefficient (Wildman–Crippen LogP) is 6.29. The van der Waals surface area contributed by atoms with Crippen molar-refractivity contribution in [2.24, 2.45) is 5.92 Å². The molecular formula is C26H31NO3. The average Bonchev–Trinajstić information content (AvgIpc) is 3.25. The number of esters is 1. The number of carbonyl (C=O) groups excluding carboxylic acids is 1. The standard InChI is InChI=1S/C26H31NO3/c1-2-29-26(28)13-9-19-8-12-25(30-18-20-6-4-3-5-7-20)23(16-19)21-10-11-24-22(17-21)14-15-27-24/h8,10-12,14-17,20,27H,2-7,9,13,18H2,1H3. The molecule has 0 bridgehead atoms. The fourth-order valence-electron chi connectivity index (χ4n) is 4.35. The Labute approximate surface area is 178 Å². The molecule has 158 valence electrons. The number of aryl methyl sites for hydroxylation is 1. The smallest absolute Gasteiger partial charge is 0.306 e. The summed E-state index contributed by atoms with van der Waals surface area (Å²) in [6.07, 6.45) is 9.55. The van der Waals surface area contributed by atoms with Crippen LogP contribution in [0.5, 0.6) is 5.75 Å². The third kappa shape index (κ3) is 5.05. The summed E-state index contributed by atoms with van der Waals surface area (Å²) >= 11 is 0. The first-order valence-electron chi connectivity index (χ1n) is 11.2. The van der Waals surface area contributed by atoms with Crippen LogP contribution in [-0.4, -0.2) is 24.2 Å². The van der Waals surface area contributed by atoms with E-state index in [0.717, 1.165) is 34.6 Å². The normalized spacial score (nSPS) is 14.7. The first kappa shape index (κ1) is 20.5. The molecule has 0 aliphatic heterocycles. The first-order valence-corrected chi connectivity index (χ1v) is 11.2. The number of benzene rings is 2. The van der Waals surface area contributed by atoms with E-state index >= 15 is 0 Å². The number of aromatic nitrogens is 1. The van der Waals surface area contributed by atoms with E-state index in [-0.39, 0.29) is 5.97 Å². The molecule has 1 aromatic heterocycles. The molecule has 1 saturated carbocycles. The lowest BCUT2D eigenvalue weighted by Gasteiger charge is -2.23. The van der Waals surface area contributed by atoms with Crippen molar-refractivity contribution in [3.05, 3.63) is 54.2 Å². The van der Waals surface area contributed by atoms with Gasteiger partial charge < -0.3 is 14.5 Å². The molecule has 2 aromatic carbocycles. The van der Waals surface area contributed by atoms with Crippen molar-refractivity contribution >= 4 is 16.9 Å². The van der Waals surface area contributed by atoms with Gasteiger partial charge in [0.25, 0.3) is 0 Å². The fourth-order valence-corrected chi connectivity index (χ4v) is 4.35. The molecule has 1 aliphatic carbocycles. The maximum absolute atomic E-state index is 11.8. The molecule has 0 saturated heterocycles. The van der Waals surface area contributed by atoms with Gasteiger partial charge in [-0.1, -0.05) is 31.4 Å². The van der Waals surface area contributed by atoms with Crippen molar-refractivity contribution in [2.45, 2.75) is 51.9 Å². The zero-order chi connectivity index (χ0) is 20.8. The molecule has 1 N–H and O–H groups in total. The molecule has 3 aromatic rings.